The quantitative estimate of drug-likeness (QED) is 0.896. The van der Waals surface area contributed by atoms with Crippen LogP contribution in [0.2, 0.25) is 5.02 Å². The highest BCUT2D eigenvalue weighted by Gasteiger charge is 2.21. The van der Waals surface area contributed by atoms with Gasteiger partial charge in [0.15, 0.2) is 0 Å². The van der Waals surface area contributed by atoms with Crippen molar-refractivity contribution in [3.8, 4) is 0 Å². The van der Waals surface area contributed by atoms with E-state index in [-0.39, 0.29) is 11.8 Å². The molecule has 0 radical (unpaired) electrons. The highest BCUT2D eigenvalue weighted by Crippen LogP contribution is 2.17. The molecule has 1 aliphatic rings. The molecule has 6 nitrogen and oxygen atoms in total. The van der Waals surface area contributed by atoms with E-state index in [2.05, 4.69) is 15.2 Å². The molecule has 0 atom stereocenters. The molecule has 0 bridgehead atoms. The molecule has 126 valence electrons. The average Bonchev–Trinajstić information content (AvgIpc) is 3.03. The zero-order valence-electron chi connectivity index (χ0n) is 13.4. The number of anilines is 1. The van der Waals surface area contributed by atoms with Crippen molar-refractivity contribution in [2.75, 3.05) is 38.5 Å². The second-order valence-electron chi connectivity index (χ2n) is 5.82. The van der Waals surface area contributed by atoms with Crippen molar-refractivity contribution >= 4 is 29.2 Å². The molecule has 2 aromatic rings. The first-order chi connectivity index (χ1) is 11.5. The summed E-state index contributed by atoms with van der Waals surface area (Å²) in [5.41, 5.74) is 0.856. The van der Waals surface area contributed by atoms with Gasteiger partial charge < -0.3 is 20.1 Å². The van der Waals surface area contributed by atoms with E-state index in [1.165, 1.54) is 0 Å². The van der Waals surface area contributed by atoms with Gasteiger partial charge in [0.25, 0.3) is 11.8 Å². The first kappa shape index (κ1) is 16.5. The smallest absolute Gasteiger partial charge is 0.270 e. The van der Waals surface area contributed by atoms with Crippen molar-refractivity contribution in [3.63, 3.8) is 0 Å². The van der Waals surface area contributed by atoms with Gasteiger partial charge in [-0.15, -0.1) is 0 Å². The topological polar surface area (TPSA) is 68.4 Å². The molecule has 0 saturated carbocycles. The summed E-state index contributed by atoms with van der Waals surface area (Å²) in [6.07, 6.45) is 0. The third-order valence-corrected chi connectivity index (χ3v) is 4.40. The molecular weight excluding hydrogens is 328 g/mol. The van der Waals surface area contributed by atoms with Crippen LogP contribution in [0, 0.1) is 0 Å². The number of nitrogens with zero attached hydrogens (tertiary/aromatic N) is 2. The Labute approximate surface area is 145 Å². The molecule has 0 spiro atoms. The molecule has 1 aromatic heterocycles. The molecule has 1 saturated heterocycles. The minimum atomic E-state index is -0.318. The summed E-state index contributed by atoms with van der Waals surface area (Å²) < 4.78 is 0. The van der Waals surface area contributed by atoms with Crippen molar-refractivity contribution in [3.05, 3.63) is 52.7 Å². The van der Waals surface area contributed by atoms with Gasteiger partial charge in [0.05, 0.1) is 10.6 Å². The Hall–Kier alpha value is -2.31. The Morgan fingerprint density at radius 2 is 1.79 bits per heavy atom. The largest absolute Gasteiger partial charge is 0.337 e. The van der Waals surface area contributed by atoms with E-state index in [1.807, 2.05) is 11.9 Å². The number of rotatable bonds is 3. The molecule has 0 aliphatic carbocycles. The maximum Gasteiger partial charge on any atom is 0.270 e. The van der Waals surface area contributed by atoms with Crippen LogP contribution in [-0.4, -0.2) is 59.8 Å². The third-order valence-electron chi connectivity index (χ3n) is 4.07. The number of piperazine rings is 1. The second-order valence-corrected chi connectivity index (χ2v) is 6.22. The summed E-state index contributed by atoms with van der Waals surface area (Å²) >= 11 is 6.02. The highest BCUT2D eigenvalue weighted by atomic mass is 35.5. The summed E-state index contributed by atoms with van der Waals surface area (Å²) in [4.78, 5) is 31.7. The van der Waals surface area contributed by atoms with Gasteiger partial charge in [-0.05, 0) is 31.3 Å². The van der Waals surface area contributed by atoms with Crippen LogP contribution >= 0.6 is 11.6 Å². The van der Waals surface area contributed by atoms with Gasteiger partial charge >= 0.3 is 0 Å². The van der Waals surface area contributed by atoms with Crippen LogP contribution in [0.4, 0.5) is 5.82 Å². The minimum absolute atomic E-state index is 0.0543. The Morgan fingerprint density at radius 3 is 2.50 bits per heavy atom. The fourth-order valence-corrected chi connectivity index (χ4v) is 2.83. The van der Waals surface area contributed by atoms with Crippen LogP contribution in [-0.2, 0) is 0 Å². The lowest BCUT2D eigenvalue weighted by Crippen LogP contribution is -2.47. The number of likely N-dealkylation sites (N-methyl/N-ethyl adjacent to an activating group) is 1. The minimum Gasteiger partial charge on any atom is -0.337 e. The number of hydrogen-bond acceptors (Lipinski definition) is 3. The SMILES string of the molecule is CN1CCN(C(=O)c2ccc(NC(=O)c3ccccc3Cl)[nH]2)CC1. The fraction of sp³-hybridized carbons (Fsp3) is 0.294. The van der Waals surface area contributed by atoms with Gasteiger partial charge in [0.1, 0.15) is 11.5 Å². The van der Waals surface area contributed by atoms with E-state index in [9.17, 15) is 9.59 Å². The van der Waals surface area contributed by atoms with E-state index in [0.29, 0.717) is 35.2 Å². The van der Waals surface area contributed by atoms with Gasteiger partial charge in [-0.2, -0.15) is 0 Å². The van der Waals surface area contributed by atoms with Crippen molar-refractivity contribution < 1.29 is 9.59 Å². The zero-order chi connectivity index (χ0) is 17.1. The predicted molar refractivity (Wildman–Crippen MR) is 93.6 cm³/mol. The molecule has 24 heavy (non-hydrogen) atoms. The number of aromatic amines is 1. The maximum absolute atomic E-state index is 12.5. The van der Waals surface area contributed by atoms with E-state index < -0.39 is 0 Å². The Balaban J connectivity index is 1.66. The molecule has 2 amide bonds. The number of aromatic nitrogens is 1. The Kier molecular flexibility index (Phi) is 4.87. The lowest BCUT2D eigenvalue weighted by Gasteiger charge is -2.32. The number of halogens is 1. The summed E-state index contributed by atoms with van der Waals surface area (Å²) in [7, 11) is 2.04. The molecule has 2 heterocycles. The van der Waals surface area contributed by atoms with Crippen molar-refractivity contribution in [2.24, 2.45) is 0 Å². The number of nitrogens with one attached hydrogen (secondary N) is 2. The normalized spacial score (nSPS) is 15.3. The van der Waals surface area contributed by atoms with Crippen molar-refractivity contribution in [1.82, 2.24) is 14.8 Å². The van der Waals surface area contributed by atoms with Crippen LogP contribution in [0.25, 0.3) is 0 Å². The third kappa shape index (κ3) is 3.60. The van der Waals surface area contributed by atoms with E-state index in [1.54, 1.807) is 36.4 Å². The monoisotopic (exact) mass is 346 g/mol. The lowest BCUT2D eigenvalue weighted by atomic mass is 10.2. The molecule has 1 aromatic carbocycles. The summed E-state index contributed by atoms with van der Waals surface area (Å²) in [5, 5.41) is 3.11. The fourth-order valence-electron chi connectivity index (χ4n) is 2.61. The number of carbonyl (C=O) groups excluding carboxylic acids is 2. The summed E-state index contributed by atoms with van der Waals surface area (Å²) in [5.74, 6) is 0.0970. The molecule has 2 N–H and O–H groups in total. The number of H-pyrrole nitrogens is 1. The van der Waals surface area contributed by atoms with Crippen molar-refractivity contribution in [1.29, 1.82) is 0 Å². The average molecular weight is 347 g/mol. The van der Waals surface area contributed by atoms with E-state index >= 15 is 0 Å². The predicted octanol–water partition coefficient (Wildman–Crippen LogP) is 2.31. The first-order valence-corrected chi connectivity index (χ1v) is 8.15. The lowest BCUT2D eigenvalue weighted by molar-refractivity contribution is 0.0658. The number of carbonyl (C=O) groups is 2. The highest BCUT2D eigenvalue weighted by molar-refractivity contribution is 6.34. The zero-order valence-corrected chi connectivity index (χ0v) is 14.1. The Morgan fingerprint density at radius 1 is 1.08 bits per heavy atom. The molecular formula is C17H19ClN4O2. The van der Waals surface area contributed by atoms with Crippen LogP contribution < -0.4 is 5.32 Å². The van der Waals surface area contributed by atoms with E-state index in [0.717, 1.165) is 13.1 Å². The van der Waals surface area contributed by atoms with Gasteiger partial charge in [-0.3, -0.25) is 9.59 Å². The second kappa shape index (κ2) is 7.07. The number of benzene rings is 1. The Bertz CT molecular complexity index is 751. The molecule has 0 unspecified atom stereocenters. The van der Waals surface area contributed by atoms with Crippen LogP contribution in [0.3, 0.4) is 0 Å². The van der Waals surface area contributed by atoms with Crippen LogP contribution in [0.15, 0.2) is 36.4 Å². The van der Waals surface area contributed by atoms with Crippen LogP contribution in [0.1, 0.15) is 20.8 Å². The van der Waals surface area contributed by atoms with Gasteiger partial charge in [-0.1, -0.05) is 23.7 Å². The first-order valence-electron chi connectivity index (χ1n) is 7.77. The molecule has 1 aliphatic heterocycles. The maximum atomic E-state index is 12.5. The molecule has 1 fully saturated rings. The summed E-state index contributed by atoms with van der Waals surface area (Å²) in [6, 6.07) is 10.2. The van der Waals surface area contributed by atoms with Gasteiger partial charge in [0, 0.05) is 26.2 Å². The van der Waals surface area contributed by atoms with Gasteiger partial charge in [0.2, 0.25) is 0 Å². The standard InChI is InChI=1S/C17H19ClN4O2/c1-21-8-10-22(11-9-21)17(24)14-6-7-15(19-14)20-16(23)12-4-2-3-5-13(12)18/h2-7,19H,8-11H2,1H3,(H,20,23). The van der Waals surface area contributed by atoms with E-state index in [4.69, 9.17) is 11.6 Å². The van der Waals surface area contributed by atoms with Crippen molar-refractivity contribution in [2.45, 2.75) is 0 Å². The van der Waals surface area contributed by atoms with Gasteiger partial charge in [-0.25, -0.2) is 0 Å². The number of amides is 2. The number of hydrogen-bond donors (Lipinski definition) is 2. The molecule has 3 rings (SSSR count). The molecule has 7 heteroatoms. The summed E-state index contributed by atoms with van der Waals surface area (Å²) in [6.45, 7) is 3.14. The van der Waals surface area contributed by atoms with Crippen LogP contribution in [0.5, 0.6) is 0 Å².